The van der Waals surface area contributed by atoms with Gasteiger partial charge in [0.1, 0.15) is 6.04 Å². The van der Waals surface area contributed by atoms with Crippen LogP contribution in [0.2, 0.25) is 0 Å². The molecule has 1 saturated heterocycles. The van der Waals surface area contributed by atoms with Crippen molar-refractivity contribution in [1.82, 2.24) is 20.9 Å². The molecule has 3 amide bonds. The summed E-state index contributed by atoms with van der Waals surface area (Å²) in [6, 6.07) is -0.617. The van der Waals surface area contributed by atoms with Crippen LogP contribution in [0, 0.1) is 0 Å². The van der Waals surface area contributed by atoms with Crippen LogP contribution in [-0.4, -0.2) is 64.2 Å². The fraction of sp³-hybridized carbons (Fsp3) is 0.824. The summed E-state index contributed by atoms with van der Waals surface area (Å²) in [5, 5.41) is 17.7. The fourth-order valence-corrected chi connectivity index (χ4v) is 4.00. The van der Waals surface area contributed by atoms with E-state index >= 15 is 0 Å². The van der Waals surface area contributed by atoms with E-state index in [2.05, 4.69) is 36.7 Å². The van der Waals surface area contributed by atoms with Gasteiger partial charge in [-0.1, -0.05) is 0 Å². The van der Waals surface area contributed by atoms with Gasteiger partial charge in [0.05, 0.1) is 12.1 Å². The summed E-state index contributed by atoms with van der Waals surface area (Å²) in [7, 11) is 0. The van der Waals surface area contributed by atoms with Crippen molar-refractivity contribution < 1.29 is 19.5 Å². The standard InChI is InChI=1S/C17H30N4O4/c1-10(22)18-13-9-11(20-17(2,3)4)5-6-14(13)21-8-7-12(15(21)23)19-16(24)25/h11-14,19-20H,5-9H2,1-4H3,(H,18,22)(H,24,25)/t11-,12?,13+,14+/m1/s1. The summed E-state index contributed by atoms with van der Waals surface area (Å²) in [5.74, 6) is -0.303. The van der Waals surface area contributed by atoms with Crippen LogP contribution in [0.5, 0.6) is 0 Å². The lowest BCUT2D eigenvalue weighted by Gasteiger charge is -2.43. The van der Waals surface area contributed by atoms with Gasteiger partial charge in [0.15, 0.2) is 0 Å². The van der Waals surface area contributed by atoms with Crippen molar-refractivity contribution in [2.75, 3.05) is 6.54 Å². The molecule has 25 heavy (non-hydrogen) atoms. The van der Waals surface area contributed by atoms with Gasteiger partial charge in [-0.2, -0.15) is 0 Å². The zero-order chi connectivity index (χ0) is 18.8. The molecule has 1 aliphatic carbocycles. The second kappa shape index (κ2) is 7.59. The molecule has 0 aromatic carbocycles. The molecule has 2 aliphatic rings. The van der Waals surface area contributed by atoms with Gasteiger partial charge < -0.3 is 26.0 Å². The first kappa shape index (κ1) is 19.5. The average Bonchev–Trinajstić information content (AvgIpc) is 2.77. The predicted molar refractivity (Wildman–Crippen MR) is 93.2 cm³/mol. The number of nitrogens with zero attached hydrogens (tertiary/aromatic N) is 1. The van der Waals surface area contributed by atoms with E-state index in [1.54, 1.807) is 4.90 Å². The first-order chi connectivity index (χ1) is 11.6. The first-order valence-corrected chi connectivity index (χ1v) is 8.91. The van der Waals surface area contributed by atoms with Crippen LogP contribution < -0.4 is 16.0 Å². The molecular formula is C17H30N4O4. The van der Waals surface area contributed by atoms with Crippen molar-refractivity contribution in [1.29, 1.82) is 0 Å². The zero-order valence-electron chi connectivity index (χ0n) is 15.5. The predicted octanol–water partition coefficient (Wildman–Crippen LogP) is 0.669. The minimum absolute atomic E-state index is 0.0156. The number of likely N-dealkylation sites (tertiary alicyclic amines) is 1. The fourth-order valence-electron chi connectivity index (χ4n) is 4.00. The summed E-state index contributed by atoms with van der Waals surface area (Å²) >= 11 is 0. The van der Waals surface area contributed by atoms with Crippen LogP contribution in [0.25, 0.3) is 0 Å². The van der Waals surface area contributed by atoms with Crippen LogP contribution >= 0.6 is 0 Å². The van der Waals surface area contributed by atoms with E-state index < -0.39 is 12.1 Å². The third kappa shape index (κ3) is 5.32. The third-order valence-electron chi connectivity index (χ3n) is 4.78. The number of carboxylic acid groups (broad SMARTS) is 1. The highest BCUT2D eigenvalue weighted by molar-refractivity contribution is 5.87. The highest BCUT2D eigenvalue weighted by Gasteiger charge is 2.42. The maximum Gasteiger partial charge on any atom is 0.405 e. The molecule has 1 unspecified atom stereocenters. The molecular weight excluding hydrogens is 324 g/mol. The van der Waals surface area contributed by atoms with Crippen molar-refractivity contribution in [3.63, 3.8) is 0 Å². The zero-order valence-corrected chi connectivity index (χ0v) is 15.5. The van der Waals surface area contributed by atoms with Crippen LogP contribution in [0.1, 0.15) is 53.4 Å². The second-order valence-electron chi connectivity index (χ2n) is 8.10. The van der Waals surface area contributed by atoms with Gasteiger partial charge in [0.2, 0.25) is 11.8 Å². The van der Waals surface area contributed by atoms with E-state index in [9.17, 15) is 14.4 Å². The van der Waals surface area contributed by atoms with E-state index in [4.69, 9.17) is 5.11 Å². The molecule has 8 heteroatoms. The van der Waals surface area contributed by atoms with Gasteiger partial charge in [-0.3, -0.25) is 9.59 Å². The quantitative estimate of drug-likeness (QED) is 0.593. The Morgan fingerprint density at radius 2 is 1.84 bits per heavy atom. The highest BCUT2D eigenvalue weighted by atomic mass is 16.4. The van der Waals surface area contributed by atoms with Crippen molar-refractivity contribution >= 4 is 17.9 Å². The molecule has 4 N–H and O–H groups in total. The van der Waals surface area contributed by atoms with Crippen LogP contribution in [0.15, 0.2) is 0 Å². The molecule has 0 aromatic heterocycles. The molecule has 0 spiro atoms. The van der Waals surface area contributed by atoms with Crippen LogP contribution in [0.4, 0.5) is 4.79 Å². The minimum Gasteiger partial charge on any atom is -0.465 e. The molecule has 1 saturated carbocycles. The second-order valence-corrected chi connectivity index (χ2v) is 8.10. The molecule has 1 heterocycles. The Kier molecular flexibility index (Phi) is 5.92. The van der Waals surface area contributed by atoms with E-state index in [1.165, 1.54) is 6.92 Å². The van der Waals surface area contributed by atoms with E-state index in [-0.39, 0.29) is 35.5 Å². The van der Waals surface area contributed by atoms with Crippen LogP contribution in [-0.2, 0) is 9.59 Å². The van der Waals surface area contributed by atoms with Gasteiger partial charge in [0, 0.05) is 25.0 Å². The Labute approximate surface area is 148 Å². The molecule has 142 valence electrons. The van der Waals surface area contributed by atoms with Crippen molar-refractivity contribution in [3.8, 4) is 0 Å². The summed E-state index contributed by atoms with van der Waals surface area (Å²) in [6.07, 6.45) is 1.74. The topological polar surface area (TPSA) is 111 Å². The summed E-state index contributed by atoms with van der Waals surface area (Å²) in [6.45, 7) is 8.33. The number of amides is 3. The van der Waals surface area contributed by atoms with Gasteiger partial charge >= 0.3 is 6.09 Å². The molecule has 1 aliphatic heterocycles. The number of carbonyl (C=O) groups is 3. The molecule has 2 rings (SSSR count). The Hall–Kier alpha value is -1.83. The maximum absolute atomic E-state index is 12.6. The summed E-state index contributed by atoms with van der Waals surface area (Å²) < 4.78 is 0. The van der Waals surface area contributed by atoms with Gasteiger partial charge in [-0.25, -0.2) is 4.79 Å². The Balaban J connectivity index is 2.07. The van der Waals surface area contributed by atoms with Gasteiger partial charge in [-0.05, 0) is 46.5 Å². The normalized spacial score (nSPS) is 30.2. The third-order valence-corrected chi connectivity index (χ3v) is 4.78. The molecule has 4 atom stereocenters. The van der Waals surface area contributed by atoms with Gasteiger partial charge in [-0.15, -0.1) is 0 Å². The van der Waals surface area contributed by atoms with Crippen molar-refractivity contribution in [3.05, 3.63) is 0 Å². The van der Waals surface area contributed by atoms with E-state index in [0.717, 1.165) is 19.3 Å². The lowest BCUT2D eigenvalue weighted by Crippen LogP contribution is -2.59. The maximum atomic E-state index is 12.6. The van der Waals surface area contributed by atoms with Crippen LogP contribution in [0.3, 0.4) is 0 Å². The summed E-state index contributed by atoms with van der Waals surface area (Å²) in [4.78, 5) is 36.8. The monoisotopic (exact) mass is 354 g/mol. The first-order valence-electron chi connectivity index (χ1n) is 8.91. The smallest absolute Gasteiger partial charge is 0.405 e. The number of hydrogen-bond donors (Lipinski definition) is 4. The lowest BCUT2D eigenvalue weighted by molar-refractivity contribution is -0.133. The summed E-state index contributed by atoms with van der Waals surface area (Å²) in [5.41, 5.74) is -0.0156. The number of hydrogen-bond acceptors (Lipinski definition) is 4. The number of nitrogens with one attached hydrogen (secondary N) is 3. The Morgan fingerprint density at radius 1 is 1.16 bits per heavy atom. The Bertz CT molecular complexity index is 531. The lowest BCUT2D eigenvalue weighted by atomic mass is 9.84. The Morgan fingerprint density at radius 3 is 2.40 bits per heavy atom. The van der Waals surface area contributed by atoms with E-state index in [0.29, 0.717) is 13.0 Å². The van der Waals surface area contributed by atoms with Crippen molar-refractivity contribution in [2.45, 2.75) is 83.1 Å². The van der Waals surface area contributed by atoms with E-state index in [1.807, 2.05) is 0 Å². The minimum atomic E-state index is -1.18. The molecule has 0 bridgehead atoms. The molecule has 8 nitrogen and oxygen atoms in total. The molecule has 0 aromatic rings. The number of rotatable bonds is 4. The molecule has 0 radical (unpaired) electrons. The number of carbonyl (C=O) groups excluding carboxylic acids is 2. The largest absolute Gasteiger partial charge is 0.465 e. The van der Waals surface area contributed by atoms with Crippen molar-refractivity contribution in [2.24, 2.45) is 0 Å². The van der Waals surface area contributed by atoms with Gasteiger partial charge in [0.25, 0.3) is 0 Å². The highest BCUT2D eigenvalue weighted by Crippen LogP contribution is 2.28. The SMILES string of the molecule is CC(=O)N[C@H]1C[C@H](NC(C)(C)C)CC[C@@H]1N1CCC(NC(=O)O)C1=O. The molecule has 2 fully saturated rings. The average molecular weight is 354 g/mol.